The Labute approximate surface area is 200 Å². The number of nitrogens with one attached hydrogen (secondary N) is 2. The number of hydrogen-bond acceptors (Lipinski definition) is 7. The maximum absolute atomic E-state index is 13.4. The standard InChI is InChI=1S/C25H33N7O2/c1-26-13-18-10-11-32(15-18)22-8-7-19(24-20(22)16-31(4)29-24)25(33)28-21-12-17(14-30(3)27-2)6-9-23(21)34-5/h7-9,12,14,16,18,26H,2,6,10-11,13,15H2,1,3-5H3,(H,28,33)/b17-14+. The molecule has 1 aromatic carbocycles. The number of nitrogens with zero attached hydrogens (tertiary/aromatic N) is 5. The van der Waals surface area contributed by atoms with Crippen LogP contribution in [0.5, 0.6) is 0 Å². The van der Waals surface area contributed by atoms with Crippen molar-refractivity contribution in [1.82, 2.24) is 25.4 Å². The summed E-state index contributed by atoms with van der Waals surface area (Å²) in [4.78, 5) is 15.8. The van der Waals surface area contributed by atoms with Crippen LogP contribution in [0.1, 0.15) is 23.2 Å². The van der Waals surface area contributed by atoms with Gasteiger partial charge in [0.1, 0.15) is 11.3 Å². The second kappa shape index (κ2) is 10.1. The predicted molar refractivity (Wildman–Crippen MR) is 136 cm³/mol. The van der Waals surface area contributed by atoms with E-state index in [1.807, 2.05) is 57.8 Å². The van der Waals surface area contributed by atoms with Gasteiger partial charge >= 0.3 is 0 Å². The molecule has 2 aliphatic rings. The van der Waals surface area contributed by atoms with Crippen molar-refractivity contribution in [1.29, 1.82) is 0 Å². The molecule has 0 bridgehead atoms. The van der Waals surface area contributed by atoms with Crippen molar-refractivity contribution in [2.75, 3.05) is 45.7 Å². The molecule has 2 N–H and O–H groups in total. The third-order valence-corrected chi connectivity index (χ3v) is 6.29. The van der Waals surface area contributed by atoms with Gasteiger partial charge in [0, 0.05) is 57.4 Å². The molecular formula is C25H33N7O2. The van der Waals surface area contributed by atoms with Crippen LogP contribution in [0.3, 0.4) is 0 Å². The Bertz CT molecular complexity index is 1180. The van der Waals surface area contributed by atoms with Crippen LogP contribution < -0.4 is 15.5 Å². The quantitative estimate of drug-likeness (QED) is 0.462. The number of allylic oxidation sites excluding steroid dienone is 3. The summed E-state index contributed by atoms with van der Waals surface area (Å²) >= 11 is 0. The number of rotatable bonds is 8. The number of amides is 1. The first-order valence-electron chi connectivity index (χ1n) is 11.5. The van der Waals surface area contributed by atoms with E-state index in [2.05, 4.69) is 32.5 Å². The first-order valence-corrected chi connectivity index (χ1v) is 11.5. The van der Waals surface area contributed by atoms with Gasteiger partial charge in [-0.15, -0.1) is 0 Å². The molecule has 1 unspecified atom stereocenters. The molecule has 1 aliphatic heterocycles. The van der Waals surface area contributed by atoms with Gasteiger partial charge in [0.2, 0.25) is 0 Å². The number of hydrazone groups is 1. The highest BCUT2D eigenvalue weighted by atomic mass is 16.5. The van der Waals surface area contributed by atoms with Crippen LogP contribution in [0.4, 0.5) is 5.69 Å². The number of carbonyl (C=O) groups is 1. The largest absolute Gasteiger partial charge is 0.495 e. The highest BCUT2D eigenvalue weighted by Gasteiger charge is 2.26. The van der Waals surface area contributed by atoms with E-state index in [4.69, 9.17) is 4.74 Å². The minimum absolute atomic E-state index is 0.226. The molecule has 1 saturated heterocycles. The van der Waals surface area contributed by atoms with Crippen molar-refractivity contribution in [3.8, 4) is 0 Å². The first-order chi connectivity index (χ1) is 16.4. The molecule has 4 rings (SSSR count). The smallest absolute Gasteiger partial charge is 0.258 e. The lowest BCUT2D eigenvalue weighted by molar-refractivity contribution is 0.0964. The number of benzene rings is 1. The van der Waals surface area contributed by atoms with Crippen molar-refractivity contribution < 1.29 is 9.53 Å². The fourth-order valence-electron chi connectivity index (χ4n) is 4.66. The summed E-state index contributed by atoms with van der Waals surface area (Å²) in [6.07, 6.45) is 9.52. The summed E-state index contributed by atoms with van der Waals surface area (Å²) < 4.78 is 7.27. The van der Waals surface area contributed by atoms with Gasteiger partial charge in [0.15, 0.2) is 0 Å². The molecule has 1 aromatic heterocycles. The Morgan fingerprint density at radius 2 is 2.26 bits per heavy atom. The van der Waals surface area contributed by atoms with Crippen molar-refractivity contribution in [2.45, 2.75) is 12.8 Å². The fraction of sp³-hybridized carbons (Fsp3) is 0.400. The number of aromatic nitrogens is 2. The molecular weight excluding hydrogens is 430 g/mol. The van der Waals surface area contributed by atoms with Gasteiger partial charge in [0.05, 0.1) is 18.4 Å². The van der Waals surface area contributed by atoms with Crippen molar-refractivity contribution >= 4 is 29.2 Å². The summed E-state index contributed by atoms with van der Waals surface area (Å²) in [6.45, 7) is 6.53. The average molecular weight is 464 g/mol. The molecule has 1 aliphatic carbocycles. The van der Waals surface area contributed by atoms with Crippen molar-refractivity contribution in [3.63, 3.8) is 0 Å². The third kappa shape index (κ3) is 4.84. The minimum Gasteiger partial charge on any atom is -0.495 e. The lowest BCUT2D eigenvalue weighted by Crippen LogP contribution is -2.26. The Morgan fingerprint density at radius 1 is 1.44 bits per heavy atom. The molecule has 1 atom stereocenters. The molecule has 180 valence electrons. The Kier molecular flexibility index (Phi) is 7.02. The van der Waals surface area contributed by atoms with Crippen LogP contribution in [0, 0.1) is 5.92 Å². The molecule has 1 fully saturated rings. The minimum atomic E-state index is -0.226. The number of anilines is 1. The fourth-order valence-corrected chi connectivity index (χ4v) is 4.66. The number of aryl methyl sites for hydroxylation is 1. The van der Waals surface area contributed by atoms with Gasteiger partial charge in [-0.2, -0.15) is 10.2 Å². The molecule has 34 heavy (non-hydrogen) atoms. The highest BCUT2D eigenvalue weighted by molar-refractivity contribution is 6.09. The second-order valence-electron chi connectivity index (χ2n) is 8.76. The van der Waals surface area contributed by atoms with Gasteiger partial charge in [-0.3, -0.25) is 14.5 Å². The molecule has 0 radical (unpaired) electrons. The van der Waals surface area contributed by atoms with Crippen LogP contribution >= 0.6 is 0 Å². The van der Waals surface area contributed by atoms with E-state index in [0.29, 0.717) is 34.9 Å². The Hall–Kier alpha value is -3.59. The number of hydrogen-bond donors (Lipinski definition) is 2. The topological polar surface area (TPSA) is 87.0 Å². The third-order valence-electron chi connectivity index (χ3n) is 6.29. The number of methoxy groups -OCH3 is 1. The zero-order chi connectivity index (χ0) is 24.2. The Balaban J connectivity index is 1.62. The van der Waals surface area contributed by atoms with Gasteiger partial charge in [-0.25, -0.2) is 0 Å². The number of fused-ring (bicyclic) bond motifs is 1. The normalized spacial score (nSPS) is 19.2. The molecule has 2 aromatic rings. The van der Waals surface area contributed by atoms with E-state index in [1.54, 1.807) is 16.8 Å². The van der Waals surface area contributed by atoms with Gasteiger partial charge in [-0.05, 0) is 62.2 Å². The molecule has 9 nitrogen and oxygen atoms in total. The van der Waals surface area contributed by atoms with Crippen LogP contribution in [-0.4, -0.2) is 68.3 Å². The van der Waals surface area contributed by atoms with Crippen LogP contribution in [0.2, 0.25) is 0 Å². The Morgan fingerprint density at radius 3 is 3.00 bits per heavy atom. The van der Waals surface area contributed by atoms with Gasteiger partial charge in [0.25, 0.3) is 5.91 Å². The van der Waals surface area contributed by atoms with E-state index in [-0.39, 0.29) is 5.91 Å². The van der Waals surface area contributed by atoms with E-state index in [0.717, 1.165) is 42.7 Å². The maximum atomic E-state index is 13.4. The first kappa shape index (κ1) is 23.6. The van der Waals surface area contributed by atoms with Crippen LogP contribution in [-0.2, 0) is 11.8 Å². The molecule has 0 spiro atoms. The molecule has 2 heterocycles. The zero-order valence-electron chi connectivity index (χ0n) is 20.3. The van der Waals surface area contributed by atoms with Crippen LogP contribution in [0.15, 0.2) is 58.8 Å². The van der Waals surface area contributed by atoms with Crippen molar-refractivity contribution in [2.24, 2.45) is 18.1 Å². The van der Waals surface area contributed by atoms with E-state index in [9.17, 15) is 4.79 Å². The zero-order valence-corrected chi connectivity index (χ0v) is 20.3. The average Bonchev–Trinajstić information content (AvgIpc) is 3.44. The van der Waals surface area contributed by atoms with Gasteiger partial charge in [-0.1, -0.05) is 0 Å². The maximum Gasteiger partial charge on any atom is 0.258 e. The summed E-state index contributed by atoms with van der Waals surface area (Å²) in [6, 6.07) is 3.91. The SMILES string of the molecule is C=NN(C)/C=C1/C=C(NC(=O)c2ccc(N3CCC(CNC)C3)c3cn(C)nc23)C(OC)=CC1. The van der Waals surface area contributed by atoms with E-state index < -0.39 is 0 Å². The van der Waals surface area contributed by atoms with E-state index >= 15 is 0 Å². The van der Waals surface area contributed by atoms with Crippen LogP contribution in [0.25, 0.3) is 10.9 Å². The number of carbonyl (C=O) groups excluding carboxylic acids is 1. The summed E-state index contributed by atoms with van der Waals surface area (Å²) in [5, 5.41) is 17.4. The predicted octanol–water partition coefficient (Wildman–Crippen LogP) is 2.60. The summed E-state index contributed by atoms with van der Waals surface area (Å²) in [7, 11) is 7.29. The van der Waals surface area contributed by atoms with E-state index in [1.165, 1.54) is 0 Å². The molecule has 1 amide bonds. The number of ether oxygens (including phenoxy) is 1. The second-order valence-corrected chi connectivity index (χ2v) is 8.76. The lowest BCUT2D eigenvalue weighted by atomic mass is 10.0. The molecule has 9 heteroatoms. The van der Waals surface area contributed by atoms with Gasteiger partial charge < -0.3 is 20.3 Å². The van der Waals surface area contributed by atoms with Crippen molar-refractivity contribution in [3.05, 3.63) is 59.3 Å². The molecule has 0 saturated carbocycles. The monoisotopic (exact) mass is 463 g/mol. The summed E-state index contributed by atoms with van der Waals surface area (Å²) in [5.74, 6) is 1.02. The lowest BCUT2D eigenvalue weighted by Gasteiger charge is -2.21. The highest BCUT2D eigenvalue weighted by Crippen LogP contribution is 2.32. The summed E-state index contributed by atoms with van der Waals surface area (Å²) in [5.41, 5.74) is 3.93.